The molecule has 0 saturated heterocycles. The Kier molecular flexibility index (Phi) is 4.60. The fourth-order valence-corrected chi connectivity index (χ4v) is 1.45. The second-order valence-corrected chi connectivity index (χ2v) is 3.66. The summed E-state index contributed by atoms with van der Waals surface area (Å²) in [4.78, 5) is 21.2. The van der Waals surface area contributed by atoms with Gasteiger partial charge in [0.05, 0.1) is 16.6 Å². The third-order valence-electron chi connectivity index (χ3n) is 2.35. The number of nitriles is 1. The van der Waals surface area contributed by atoms with E-state index >= 15 is 0 Å². The Balaban J connectivity index is 3.12. The molecule has 0 bridgehead atoms. The Morgan fingerprint density at radius 1 is 1.68 bits per heavy atom. The lowest BCUT2D eigenvalue weighted by atomic mass is 10.1. The second-order valence-electron chi connectivity index (χ2n) is 3.66. The zero-order valence-electron chi connectivity index (χ0n) is 9.87. The van der Waals surface area contributed by atoms with Gasteiger partial charge in [-0.15, -0.1) is 6.58 Å². The Hall–Kier alpha value is -2.88. The number of carbonyl (C=O) groups is 1. The lowest BCUT2D eigenvalue weighted by molar-refractivity contribution is -0.384. The Bertz CT molecular complexity index is 563. The van der Waals surface area contributed by atoms with Crippen LogP contribution in [0.3, 0.4) is 0 Å². The highest BCUT2D eigenvalue weighted by molar-refractivity contribution is 5.79. The van der Waals surface area contributed by atoms with Crippen molar-refractivity contribution in [2.75, 3.05) is 5.32 Å². The molecule has 0 fully saturated rings. The number of nitrogens with one attached hydrogen (secondary N) is 1. The molecule has 0 radical (unpaired) electrons. The fourth-order valence-electron chi connectivity index (χ4n) is 1.45. The van der Waals surface area contributed by atoms with E-state index in [0.717, 1.165) is 6.07 Å². The van der Waals surface area contributed by atoms with Crippen LogP contribution in [0, 0.1) is 21.4 Å². The van der Waals surface area contributed by atoms with E-state index in [1.807, 2.05) is 0 Å². The molecule has 7 nitrogen and oxygen atoms in total. The number of aliphatic carboxylic acids is 1. The molecule has 0 aliphatic rings. The Morgan fingerprint density at radius 3 is 2.84 bits per heavy atom. The van der Waals surface area contributed by atoms with Gasteiger partial charge in [0.25, 0.3) is 5.69 Å². The van der Waals surface area contributed by atoms with Gasteiger partial charge in [0.2, 0.25) is 0 Å². The van der Waals surface area contributed by atoms with Crippen molar-refractivity contribution in [1.82, 2.24) is 0 Å². The number of nitro benzene ring substituents is 1. The lowest BCUT2D eigenvalue weighted by Crippen LogP contribution is -2.28. The van der Waals surface area contributed by atoms with Crippen LogP contribution in [0.5, 0.6) is 0 Å². The van der Waals surface area contributed by atoms with Crippen molar-refractivity contribution in [3.63, 3.8) is 0 Å². The summed E-state index contributed by atoms with van der Waals surface area (Å²) in [7, 11) is 0. The standard InChI is InChI=1S/C12H11N3O4/c1-2-3-10(12(16)17)14-9-5-4-8(7-13)6-11(9)15(18)19/h2,4-6,10,14H,1,3H2,(H,16,17). The van der Waals surface area contributed by atoms with Gasteiger partial charge in [-0.25, -0.2) is 4.79 Å². The molecule has 98 valence electrons. The van der Waals surface area contributed by atoms with Crippen LogP contribution in [0.1, 0.15) is 12.0 Å². The molecule has 0 aliphatic heterocycles. The number of nitro groups is 1. The van der Waals surface area contributed by atoms with Gasteiger partial charge in [0, 0.05) is 6.07 Å². The van der Waals surface area contributed by atoms with Gasteiger partial charge in [0.1, 0.15) is 11.7 Å². The van der Waals surface area contributed by atoms with Crippen LogP contribution in [0.25, 0.3) is 0 Å². The molecular formula is C12H11N3O4. The average molecular weight is 261 g/mol. The first-order valence-electron chi connectivity index (χ1n) is 5.28. The third-order valence-corrected chi connectivity index (χ3v) is 2.35. The Morgan fingerprint density at radius 2 is 2.37 bits per heavy atom. The van der Waals surface area contributed by atoms with Gasteiger partial charge in [-0.2, -0.15) is 5.26 Å². The minimum atomic E-state index is -1.14. The monoisotopic (exact) mass is 261 g/mol. The summed E-state index contributed by atoms with van der Waals surface area (Å²) >= 11 is 0. The average Bonchev–Trinajstić information content (AvgIpc) is 2.38. The van der Waals surface area contributed by atoms with Crippen LogP contribution < -0.4 is 5.32 Å². The minimum absolute atomic E-state index is 0.0539. The summed E-state index contributed by atoms with van der Waals surface area (Å²) in [5, 5.41) is 31.1. The molecule has 0 heterocycles. The summed E-state index contributed by atoms with van der Waals surface area (Å²) in [5.74, 6) is -1.14. The highest BCUT2D eigenvalue weighted by Gasteiger charge is 2.21. The summed E-state index contributed by atoms with van der Waals surface area (Å²) in [6, 6.07) is 4.56. The van der Waals surface area contributed by atoms with Crippen LogP contribution in [0.2, 0.25) is 0 Å². The smallest absolute Gasteiger partial charge is 0.326 e. The number of carboxylic acid groups (broad SMARTS) is 1. The summed E-state index contributed by atoms with van der Waals surface area (Å²) < 4.78 is 0. The number of benzene rings is 1. The van der Waals surface area contributed by atoms with E-state index in [1.165, 1.54) is 18.2 Å². The predicted molar refractivity (Wildman–Crippen MR) is 67.7 cm³/mol. The molecule has 0 amide bonds. The van der Waals surface area contributed by atoms with E-state index in [9.17, 15) is 14.9 Å². The molecule has 2 N–H and O–H groups in total. The maximum Gasteiger partial charge on any atom is 0.326 e. The van der Waals surface area contributed by atoms with Gasteiger partial charge >= 0.3 is 5.97 Å². The number of hydrogen-bond donors (Lipinski definition) is 2. The summed E-state index contributed by atoms with van der Waals surface area (Å²) in [5.41, 5.74) is -0.152. The molecule has 7 heteroatoms. The number of hydrogen-bond acceptors (Lipinski definition) is 5. The maximum absolute atomic E-state index is 11.0. The molecular weight excluding hydrogens is 250 g/mol. The van der Waals surface area contributed by atoms with E-state index in [0.29, 0.717) is 0 Å². The molecule has 1 rings (SSSR count). The van der Waals surface area contributed by atoms with E-state index in [4.69, 9.17) is 10.4 Å². The van der Waals surface area contributed by atoms with Crippen molar-refractivity contribution in [3.05, 3.63) is 46.5 Å². The summed E-state index contributed by atoms with van der Waals surface area (Å²) in [6.07, 6.45) is 1.52. The van der Waals surface area contributed by atoms with Crippen molar-refractivity contribution in [2.24, 2.45) is 0 Å². The number of anilines is 1. The highest BCUT2D eigenvalue weighted by atomic mass is 16.6. The molecule has 1 atom stereocenters. The molecule has 0 saturated carbocycles. The van der Waals surface area contributed by atoms with Crippen molar-refractivity contribution in [1.29, 1.82) is 5.26 Å². The first-order chi connectivity index (χ1) is 8.99. The lowest BCUT2D eigenvalue weighted by Gasteiger charge is -2.13. The van der Waals surface area contributed by atoms with Gasteiger partial charge < -0.3 is 10.4 Å². The van der Waals surface area contributed by atoms with E-state index < -0.39 is 16.9 Å². The maximum atomic E-state index is 11.0. The molecule has 19 heavy (non-hydrogen) atoms. The minimum Gasteiger partial charge on any atom is -0.480 e. The van der Waals surface area contributed by atoms with E-state index in [1.54, 1.807) is 6.07 Å². The van der Waals surface area contributed by atoms with Crippen molar-refractivity contribution in [3.8, 4) is 6.07 Å². The zero-order chi connectivity index (χ0) is 14.4. The first kappa shape index (κ1) is 14.2. The van der Waals surface area contributed by atoms with Gasteiger partial charge in [-0.1, -0.05) is 6.08 Å². The van der Waals surface area contributed by atoms with Crippen LogP contribution in [0.4, 0.5) is 11.4 Å². The van der Waals surface area contributed by atoms with Gasteiger partial charge in [-0.05, 0) is 18.6 Å². The van der Waals surface area contributed by atoms with Crippen LogP contribution in [-0.2, 0) is 4.79 Å². The quantitative estimate of drug-likeness (QED) is 0.459. The largest absolute Gasteiger partial charge is 0.480 e. The summed E-state index contributed by atoms with van der Waals surface area (Å²) in [6.45, 7) is 3.43. The number of nitrogens with zero attached hydrogens (tertiary/aromatic N) is 2. The van der Waals surface area contributed by atoms with Gasteiger partial charge in [-0.3, -0.25) is 10.1 Å². The Labute approximate surface area is 108 Å². The van der Waals surface area contributed by atoms with Gasteiger partial charge in [0.15, 0.2) is 0 Å². The molecule has 0 aromatic heterocycles. The normalized spacial score (nSPS) is 11.1. The van der Waals surface area contributed by atoms with Crippen molar-refractivity contribution >= 4 is 17.3 Å². The molecule has 0 spiro atoms. The second kappa shape index (κ2) is 6.16. The van der Waals surface area contributed by atoms with Crippen LogP contribution >= 0.6 is 0 Å². The van der Waals surface area contributed by atoms with Crippen molar-refractivity contribution < 1.29 is 14.8 Å². The van der Waals surface area contributed by atoms with E-state index in [-0.39, 0.29) is 23.4 Å². The molecule has 1 aromatic carbocycles. The molecule has 1 unspecified atom stereocenters. The SMILES string of the molecule is C=CCC(Nc1ccc(C#N)cc1[N+](=O)[O-])C(=O)O. The number of carboxylic acids is 1. The third kappa shape index (κ3) is 3.54. The van der Waals surface area contributed by atoms with E-state index in [2.05, 4.69) is 11.9 Å². The molecule has 1 aromatic rings. The topological polar surface area (TPSA) is 116 Å². The molecule has 0 aliphatic carbocycles. The predicted octanol–water partition coefficient (Wildman–Crippen LogP) is 1.91. The highest BCUT2D eigenvalue weighted by Crippen LogP contribution is 2.26. The fraction of sp³-hybridized carbons (Fsp3) is 0.167. The van der Waals surface area contributed by atoms with Crippen LogP contribution in [-0.4, -0.2) is 22.0 Å². The van der Waals surface area contributed by atoms with Crippen LogP contribution in [0.15, 0.2) is 30.9 Å². The van der Waals surface area contributed by atoms with Crippen molar-refractivity contribution in [2.45, 2.75) is 12.5 Å². The first-order valence-corrected chi connectivity index (χ1v) is 5.28. The number of rotatable bonds is 6. The zero-order valence-corrected chi connectivity index (χ0v) is 9.87.